The quantitative estimate of drug-likeness (QED) is 0.863. The van der Waals surface area contributed by atoms with E-state index >= 15 is 0 Å². The van der Waals surface area contributed by atoms with Crippen LogP contribution in [0.15, 0.2) is 35.8 Å². The van der Waals surface area contributed by atoms with E-state index in [0.717, 1.165) is 5.01 Å². The highest BCUT2D eigenvalue weighted by Gasteiger charge is 2.17. The molecule has 0 aliphatic rings. The van der Waals surface area contributed by atoms with Crippen LogP contribution in [-0.4, -0.2) is 12.0 Å². The summed E-state index contributed by atoms with van der Waals surface area (Å²) in [5, 5.41) is 5.84. The number of halogens is 1. The summed E-state index contributed by atoms with van der Waals surface area (Å²) in [4.78, 5) is 4.19. The lowest BCUT2D eigenvalue weighted by Crippen LogP contribution is -2.18. The fourth-order valence-corrected chi connectivity index (χ4v) is 2.26. The van der Waals surface area contributed by atoms with Crippen LogP contribution in [0.5, 0.6) is 0 Å². The zero-order valence-corrected chi connectivity index (χ0v) is 9.09. The Morgan fingerprint density at radius 1 is 1.40 bits per heavy atom. The van der Waals surface area contributed by atoms with Crippen molar-refractivity contribution < 1.29 is 4.39 Å². The Bertz CT molecular complexity index is 428. The predicted octanol–water partition coefficient (Wildman–Crippen LogP) is 2.59. The maximum Gasteiger partial charge on any atom is 0.128 e. The van der Waals surface area contributed by atoms with E-state index in [9.17, 15) is 4.39 Å². The Balaban J connectivity index is 2.40. The standard InChI is InChI=1S/C11H11FN2S/c1-13-10(11-14-6-7-15-11)8-4-2-3-5-9(8)12/h2-7,10,13H,1H3. The first-order valence-electron chi connectivity index (χ1n) is 4.64. The molecule has 0 aliphatic heterocycles. The van der Waals surface area contributed by atoms with Gasteiger partial charge in [0.2, 0.25) is 0 Å². The number of nitrogens with one attached hydrogen (secondary N) is 1. The van der Waals surface area contributed by atoms with E-state index in [1.165, 1.54) is 17.4 Å². The van der Waals surface area contributed by atoms with Crippen LogP contribution in [0.25, 0.3) is 0 Å². The normalized spacial score (nSPS) is 12.7. The molecule has 1 heterocycles. The molecule has 1 aromatic carbocycles. The molecule has 1 unspecified atom stereocenters. The van der Waals surface area contributed by atoms with E-state index in [1.54, 1.807) is 25.4 Å². The van der Waals surface area contributed by atoms with Gasteiger partial charge in [-0.05, 0) is 13.1 Å². The van der Waals surface area contributed by atoms with E-state index in [2.05, 4.69) is 10.3 Å². The van der Waals surface area contributed by atoms with Gasteiger partial charge in [-0.2, -0.15) is 0 Å². The maximum absolute atomic E-state index is 13.6. The molecule has 0 bridgehead atoms. The highest BCUT2D eigenvalue weighted by atomic mass is 32.1. The zero-order valence-electron chi connectivity index (χ0n) is 8.27. The Kier molecular flexibility index (Phi) is 3.08. The largest absolute Gasteiger partial charge is 0.307 e. The number of thiazole rings is 1. The third-order valence-electron chi connectivity index (χ3n) is 2.20. The summed E-state index contributed by atoms with van der Waals surface area (Å²) in [6.07, 6.45) is 1.73. The van der Waals surface area contributed by atoms with Crippen molar-refractivity contribution in [3.8, 4) is 0 Å². The summed E-state index contributed by atoms with van der Waals surface area (Å²) in [5.41, 5.74) is 0.634. The minimum absolute atomic E-state index is 0.161. The van der Waals surface area contributed by atoms with Crippen LogP contribution in [-0.2, 0) is 0 Å². The number of nitrogens with zero attached hydrogens (tertiary/aromatic N) is 1. The van der Waals surface area contributed by atoms with Gasteiger partial charge >= 0.3 is 0 Å². The lowest BCUT2D eigenvalue weighted by Gasteiger charge is -2.14. The molecule has 78 valence electrons. The molecule has 1 atom stereocenters. The van der Waals surface area contributed by atoms with Crippen molar-refractivity contribution in [1.82, 2.24) is 10.3 Å². The van der Waals surface area contributed by atoms with E-state index in [1.807, 2.05) is 11.4 Å². The minimum Gasteiger partial charge on any atom is -0.307 e. The van der Waals surface area contributed by atoms with Gasteiger partial charge in [0.1, 0.15) is 10.8 Å². The number of aromatic nitrogens is 1. The molecule has 0 amide bonds. The van der Waals surface area contributed by atoms with Crippen LogP contribution in [0.3, 0.4) is 0 Å². The second kappa shape index (κ2) is 4.51. The summed E-state index contributed by atoms with van der Waals surface area (Å²) < 4.78 is 13.6. The van der Waals surface area contributed by atoms with Crippen molar-refractivity contribution in [1.29, 1.82) is 0 Å². The van der Waals surface area contributed by atoms with Gasteiger partial charge in [0.05, 0.1) is 6.04 Å². The molecule has 2 nitrogen and oxygen atoms in total. The number of benzene rings is 1. The van der Waals surface area contributed by atoms with E-state index in [-0.39, 0.29) is 11.9 Å². The second-order valence-electron chi connectivity index (χ2n) is 3.11. The molecule has 2 rings (SSSR count). The summed E-state index contributed by atoms with van der Waals surface area (Å²) in [6, 6.07) is 6.60. The summed E-state index contributed by atoms with van der Waals surface area (Å²) in [7, 11) is 1.80. The average molecular weight is 222 g/mol. The van der Waals surface area contributed by atoms with Crippen LogP contribution in [0.1, 0.15) is 16.6 Å². The lowest BCUT2D eigenvalue weighted by atomic mass is 10.1. The van der Waals surface area contributed by atoms with E-state index in [0.29, 0.717) is 5.56 Å². The van der Waals surface area contributed by atoms with Crippen molar-refractivity contribution in [3.63, 3.8) is 0 Å². The number of hydrogen-bond donors (Lipinski definition) is 1. The Labute approximate surface area is 91.8 Å². The first kappa shape index (κ1) is 10.3. The minimum atomic E-state index is -0.202. The van der Waals surface area contributed by atoms with Gasteiger partial charge in [0.15, 0.2) is 0 Å². The fourth-order valence-electron chi connectivity index (χ4n) is 1.50. The van der Waals surface area contributed by atoms with Crippen molar-refractivity contribution in [2.75, 3.05) is 7.05 Å². The van der Waals surface area contributed by atoms with Gasteiger partial charge in [-0.3, -0.25) is 0 Å². The molecule has 1 aromatic heterocycles. The van der Waals surface area contributed by atoms with Crippen molar-refractivity contribution >= 4 is 11.3 Å². The highest BCUT2D eigenvalue weighted by molar-refractivity contribution is 7.09. The first-order valence-corrected chi connectivity index (χ1v) is 5.52. The monoisotopic (exact) mass is 222 g/mol. The third-order valence-corrected chi connectivity index (χ3v) is 3.04. The van der Waals surface area contributed by atoms with Gasteiger partial charge in [-0.25, -0.2) is 9.37 Å². The average Bonchev–Trinajstić information content (AvgIpc) is 2.75. The van der Waals surface area contributed by atoms with Crippen molar-refractivity contribution in [2.45, 2.75) is 6.04 Å². The molecule has 15 heavy (non-hydrogen) atoms. The molecular formula is C11H11FN2S. The maximum atomic E-state index is 13.6. The van der Waals surface area contributed by atoms with Gasteiger partial charge in [0.25, 0.3) is 0 Å². The second-order valence-corrected chi connectivity index (χ2v) is 4.04. The highest BCUT2D eigenvalue weighted by Crippen LogP contribution is 2.25. The fraction of sp³-hybridized carbons (Fsp3) is 0.182. The van der Waals surface area contributed by atoms with Crippen molar-refractivity contribution in [3.05, 3.63) is 52.2 Å². The molecule has 1 N–H and O–H groups in total. The van der Waals surface area contributed by atoms with E-state index < -0.39 is 0 Å². The molecule has 0 aliphatic carbocycles. The molecule has 0 radical (unpaired) electrons. The molecule has 4 heteroatoms. The van der Waals surface area contributed by atoms with Crippen molar-refractivity contribution in [2.24, 2.45) is 0 Å². The van der Waals surface area contributed by atoms with Crippen LogP contribution in [0.4, 0.5) is 4.39 Å². The summed E-state index contributed by atoms with van der Waals surface area (Å²) in [6.45, 7) is 0. The Morgan fingerprint density at radius 2 is 2.20 bits per heavy atom. The molecule has 0 fully saturated rings. The Hall–Kier alpha value is -1.26. The molecular weight excluding hydrogens is 211 g/mol. The van der Waals surface area contributed by atoms with Crippen LogP contribution >= 0.6 is 11.3 Å². The molecule has 0 spiro atoms. The topological polar surface area (TPSA) is 24.9 Å². The van der Waals surface area contributed by atoms with E-state index in [4.69, 9.17) is 0 Å². The smallest absolute Gasteiger partial charge is 0.128 e. The predicted molar refractivity (Wildman–Crippen MR) is 59.4 cm³/mol. The third kappa shape index (κ3) is 2.06. The summed E-state index contributed by atoms with van der Waals surface area (Å²) >= 11 is 1.52. The van der Waals surface area contributed by atoms with Crippen LogP contribution in [0.2, 0.25) is 0 Å². The molecule has 0 saturated carbocycles. The SMILES string of the molecule is CNC(c1nccs1)c1ccccc1F. The summed E-state index contributed by atoms with van der Waals surface area (Å²) in [5.74, 6) is -0.202. The van der Waals surface area contributed by atoms with Gasteiger partial charge in [-0.15, -0.1) is 11.3 Å². The van der Waals surface area contributed by atoms with Crippen LogP contribution in [0, 0.1) is 5.82 Å². The lowest BCUT2D eigenvalue weighted by molar-refractivity contribution is 0.575. The van der Waals surface area contributed by atoms with Gasteiger partial charge in [0, 0.05) is 17.1 Å². The van der Waals surface area contributed by atoms with Gasteiger partial charge in [-0.1, -0.05) is 18.2 Å². The number of hydrogen-bond acceptors (Lipinski definition) is 3. The molecule has 2 aromatic rings. The first-order chi connectivity index (χ1) is 7.33. The van der Waals surface area contributed by atoms with Gasteiger partial charge < -0.3 is 5.32 Å². The number of rotatable bonds is 3. The van der Waals surface area contributed by atoms with Crippen LogP contribution < -0.4 is 5.32 Å². The molecule has 0 saturated heterocycles. The zero-order chi connectivity index (χ0) is 10.7. The Morgan fingerprint density at radius 3 is 2.80 bits per heavy atom.